The molecule has 0 aromatic carbocycles. The molecule has 5 heteroatoms. The number of hydrogen-bond acceptors (Lipinski definition) is 3. The van der Waals surface area contributed by atoms with E-state index in [9.17, 15) is 4.79 Å². The molecule has 0 radical (unpaired) electrons. The summed E-state index contributed by atoms with van der Waals surface area (Å²) in [4.78, 5) is 16.6. The van der Waals surface area contributed by atoms with E-state index in [0.717, 1.165) is 25.9 Å². The van der Waals surface area contributed by atoms with Crippen LogP contribution in [0.4, 0.5) is 5.69 Å². The maximum absolute atomic E-state index is 12.4. The number of piperidine rings is 1. The van der Waals surface area contributed by atoms with Gasteiger partial charge in [0.1, 0.15) is 5.69 Å². The third-order valence-electron chi connectivity index (χ3n) is 3.66. The molecule has 18 heavy (non-hydrogen) atoms. The van der Waals surface area contributed by atoms with Crippen LogP contribution in [0, 0.1) is 0 Å². The molecule has 1 aromatic rings. The summed E-state index contributed by atoms with van der Waals surface area (Å²) < 4.78 is 1.80. The van der Waals surface area contributed by atoms with Gasteiger partial charge in [-0.15, -0.1) is 0 Å². The Kier molecular flexibility index (Phi) is 3.61. The Bertz CT molecular complexity index is 438. The van der Waals surface area contributed by atoms with Crippen LogP contribution in [0.5, 0.6) is 0 Å². The number of carbonyl (C=O) groups excluding carboxylic acids is 1. The first-order valence-corrected chi connectivity index (χ1v) is 6.36. The molecule has 1 amide bonds. The SMILES string of the molecule is CN(C)C1CCCN(C(=O)c2cc(N)cn2C)C1. The first-order chi connectivity index (χ1) is 8.49. The minimum atomic E-state index is 0.0840. The van der Waals surface area contributed by atoms with Crippen molar-refractivity contribution >= 4 is 11.6 Å². The predicted molar refractivity (Wildman–Crippen MR) is 72.4 cm³/mol. The molecule has 0 spiro atoms. The van der Waals surface area contributed by atoms with Crippen molar-refractivity contribution in [1.82, 2.24) is 14.4 Å². The molecule has 2 heterocycles. The van der Waals surface area contributed by atoms with E-state index in [1.54, 1.807) is 16.8 Å². The van der Waals surface area contributed by atoms with Crippen LogP contribution < -0.4 is 5.73 Å². The number of rotatable bonds is 2. The molecule has 1 atom stereocenters. The van der Waals surface area contributed by atoms with Gasteiger partial charge in [-0.2, -0.15) is 0 Å². The van der Waals surface area contributed by atoms with Gasteiger partial charge in [-0.25, -0.2) is 0 Å². The van der Waals surface area contributed by atoms with Gasteiger partial charge in [0.25, 0.3) is 5.91 Å². The fraction of sp³-hybridized carbons (Fsp3) is 0.615. The summed E-state index contributed by atoms with van der Waals surface area (Å²) >= 11 is 0. The van der Waals surface area contributed by atoms with Crippen molar-refractivity contribution in [3.05, 3.63) is 18.0 Å². The second kappa shape index (κ2) is 5.02. The zero-order chi connectivity index (χ0) is 13.3. The van der Waals surface area contributed by atoms with Crippen LogP contribution in [0.1, 0.15) is 23.3 Å². The van der Waals surface area contributed by atoms with E-state index in [1.807, 2.05) is 11.9 Å². The maximum Gasteiger partial charge on any atom is 0.270 e. The summed E-state index contributed by atoms with van der Waals surface area (Å²) in [5, 5.41) is 0. The van der Waals surface area contributed by atoms with Gasteiger partial charge in [-0.3, -0.25) is 4.79 Å². The van der Waals surface area contributed by atoms with E-state index in [4.69, 9.17) is 5.73 Å². The van der Waals surface area contributed by atoms with Gasteiger partial charge < -0.3 is 20.1 Å². The normalized spacial score (nSPS) is 20.4. The Labute approximate surface area is 108 Å². The quantitative estimate of drug-likeness (QED) is 0.843. The second-order valence-electron chi connectivity index (χ2n) is 5.28. The van der Waals surface area contributed by atoms with Crippen molar-refractivity contribution in [3.8, 4) is 0 Å². The zero-order valence-corrected chi connectivity index (χ0v) is 11.4. The highest BCUT2D eigenvalue weighted by Crippen LogP contribution is 2.18. The predicted octanol–water partition coefficient (Wildman–Crippen LogP) is 0.773. The topological polar surface area (TPSA) is 54.5 Å². The van der Waals surface area contributed by atoms with E-state index in [1.165, 1.54) is 0 Å². The molecule has 0 aliphatic carbocycles. The average Bonchev–Trinajstić information content (AvgIpc) is 2.67. The second-order valence-corrected chi connectivity index (χ2v) is 5.28. The highest BCUT2D eigenvalue weighted by Gasteiger charge is 2.26. The van der Waals surface area contributed by atoms with E-state index in [0.29, 0.717) is 17.4 Å². The van der Waals surface area contributed by atoms with Crippen molar-refractivity contribution < 1.29 is 4.79 Å². The van der Waals surface area contributed by atoms with Crippen LogP contribution in [0.3, 0.4) is 0 Å². The number of amides is 1. The molecule has 1 fully saturated rings. The minimum absolute atomic E-state index is 0.0840. The molecule has 5 nitrogen and oxygen atoms in total. The molecule has 1 aromatic heterocycles. The Balaban J connectivity index is 2.11. The van der Waals surface area contributed by atoms with Crippen LogP contribution in [0.25, 0.3) is 0 Å². The number of likely N-dealkylation sites (N-methyl/N-ethyl adjacent to an activating group) is 1. The molecule has 1 aliphatic heterocycles. The van der Waals surface area contributed by atoms with Gasteiger partial charge in [0.05, 0.1) is 5.69 Å². The standard InChI is InChI=1S/C13H22N4O/c1-15(2)11-5-4-6-17(9-11)13(18)12-7-10(14)8-16(12)3/h7-8,11H,4-6,9,14H2,1-3H3. The van der Waals surface area contributed by atoms with Crippen LogP contribution in [0.15, 0.2) is 12.3 Å². The number of aryl methyl sites for hydroxylation is 1. The Hall–Kier alpha value is -1.49. The summed E-state index contributed by atoms with van der Waals surface area (Å²) in [6.45, 7) is 1.64. The molecule has 2 N–H and O–H groups in total. The highest BCUT2D eigenvalue weighted by atomic mass is 16.2. The number of likely N-dealkylation sites (tertiary alicyclic amines) is 1. The first-order valence-electron chi connectivity index (χ1n) is 6.36. The Morgan fingerprint density at radius 1 is 1.50 bits per heavy atom. The smallest absolute Gasteiger partial charge is 0.270 e. The minimum Gasteiger partial charge on any atom is -0.397 e. The molecule has 0 bridgehead atoms. The molecule has 0 saturated carbocycles. The zero-order valence-electron chi connectivity index (χ0n) is 11.4. The van der Waals surface area contributed by atoms with E-state index in [-0.39, 0.29) is 5.91 Å². The lowest BCUT2D eigenvalue weighted by molar-refractivity contribution is 0.0626. The van der Waals surface area contributed by atoms with E-state index >= 15 is 0 Å². The van der Waals surface area contributed by atoms with Gasteiger partial charge >= 0.3 is 0 Å². The number of hydrogen-bond donors (Lipinski definition) is 1. The lowest BCUT2D eigenvalue weighted by Gasteiger charge is -2.36. The Morgan fingerprint density at radius 3 is 2.78 bits per heavy atom. The molecule has 1 saturated heterocycles. The number of nitrogens with zero attached hydrogens (tertiary/aromatic N) is 3. The number of anilines is 1. The van der Waals surface area contributed by atoms with Crippen molar-refractivity contribution in [3.63, 3.8) is 0 Å². The van der Waals surface area contributed by atoms with Gasteiger partial charge in [0, 0.05) is 32.4 Å². The summed E-state index contributed by atoms with van der Waals surface area (Å²) in [5.41, 5.74) is 7.04. The van der Waals surface area contributed by atoms with Crippen molar-refractivity contribution in [1.29, 1.82) is 0 Å². The lowest BCUT2D eigenvalue weighted by atomic mass is 10.0. The molecule has 1 unspecified atom stereocenters. The van der Waals surface area contributed by atoms with Crippen LogP contribution in [-0.2, 0) is 7.05 Å². The summed E-state index contributed by atoms with van der Waals surface area (Å²) in [6.07, 6.45) is 4.00. The number of nitrogen functional groups attached to an aromatic ring is 1. The number of carbonyl (C=O) groups is 1. The molecule has 100 valence electrons. The van der Waals surface area contributed by atoms with E-state index in [2.05, 4.69) is 19.0 Å². The number of aromatic nitrogens is 1. The number of nitrogens with two attached hydrogens (primary N) is 1. The maximum atomic E-state index is 12.4. The Morgan fingerprint density at radius 2 is 2.22 bits per heavy atom. The van der Waals surface area contributed by atoms with Crippen molar-refractivity contribution in [2.45, 2.75) is 18.9 Å². The summed E-state index contributed by atoms with van der Waals surface area (Å²) in [6, 6.07) is 2.21. The van der Waals surface area contributed by atoms with Crippen molar-refractivity contribution in [2.24, 2.45) is 7.05 Å². The monoisotopic (exact) mass is 250 g/mol. The molecule has 1 aliphatic rings. The first kappa shape index (κ1) is 13.0. The van der Waals surface area contributed by atoms with Gasteiger partial charge in [-0.05, 0) is 33.0 Å². The summed E-state index contributed by atoms with van der Waals surface area (Å²) in [5.74, 6) is 0.0840. The lowest BCUT2D eigenvalue weighted by Crippen LogP contribution is -2.47. The van der Waals surface area contributed by atoms with Crippen LogP contribution in [-0.4, -0.2) is 53.5 Å². The van der Waals surface area contributed by atoms with Crippen molar-refractivity contribution in [2.75, 3.05) is 32.9 Å². The van der Waals surface area contributed by atoms with Gasteiger partial charge in [0.2, 0.25) is 0 Å². The van der Waals surface area contributed by atoms with Gasteiger partial charge in [0.15, 0.2) is 0 Å². The van der Waals surface area contributed by atoms with Crippen LogP contribution >= 0.6 is 0 Å². The largest absolute Gasteiger partial charge is 0.397 e. The fourth-order valence-electron chi connectivity index (χ4n) is 2.53. The fourth-order valence-corrected chi connectivity index (χ4v) is 2.53. The molecular weight excluding hydrogens is 228 g/mol. The highest BCUT2D eigenvalue weighted by molar-refractivity contribution is 5.93. The van der Waals surface area contributed by atoms with E-state index < -0.39 is 0 Å². The molecule has 2 rings (SSSR count). The molecular formula is C13H22N4O. The third kappa shape index (κ3) is 2.51. The van der Waals surface area contributed by atoms with Gasteiger partial charge in [-0.1, -0.05) is 0 Å². The third-order valence-corrected chi connectivity index (χ3v) is 3.66. The summed E-state index contributed by atoms with van der Waals surface area (Å²) in [7, 11) is 6.00. The average molecular weight is 250 g/mol. The van der Waals surface area contributed by atoms with Crippen LogP contribution in [0.2, 0.25) is 0 Å².